The molecule has 0 rings (SSSR count). The second-order valence-corrected chi connectivity index (χ2v) is 47.1. The van der Waals surface area contributed by atoms with E-state index >= 15 is 0 Å². The smallest absolute Gasteiger partial charge is 0.411 e. The van der Waals surface area contributed by atoms with Crippen LogP contribution in [0.1, 0.15) is 723 Å². The first-order valence-electron chi connectivity index (χ1n) is 62.7. The van der Waals surface area contributed by atoms with Crippen molar-refractivity contribution in [2.75, 3.05) is 52.4 Å². The molecule has 137 heavy (non-hydrogen) atoms. The number of hydrogen-bond donors (Lipinski definition) is 0. The fourth-order valence-electron chi connectivity index (χ4n) is 19.7. The average molecular weight is 2260 g/mol. The number of rotatable bonds is 112. The van der Waals surface area contributed by atoms with E-state index in [1.807, 2.05) is 0 Å². The molecule has 0 heterocycles. The molecule has 0 bridgehead atoms. The Balaban J connectivity index is -0.000000564. The number of hydrogen-bond acceptors (Lipinski definition) is 8. The van der Waals surface area contributed by atoms with Crippen LogP contribution >= 0.6 is 48.9 Å². The summed E-state index contributed by atoms with van der Waals surface area (Å²) in [6.07, 6.45) is 146. The minimum absolute atomic E-state index is 0. The molecule has 0 aliphatic rings. The van der Waals surface area contributed by atoms with Gasteiger partial charge in [-0.05, 0) is 51.4 Å². The molecule has 0 aromatic rings. The van der Waals surface area contributed by atoms with Gasteiger partial charge < -0.3 is 119 Å². The van der Waals surface area contributed by atoms with Crippen LogP contribution < -0.4 is 0 Å². The van der Waals surface area contributed by atoms with Crippen molar-refractivity contribution in [2.24, 2.45) is 0 Å². The van der Waals surface area contributed by atoms with Crippen molar-refractivity contribution in [1.29, 1.82) is 0 Å². The fraction of sp³-hybridized carbons (Fsp3) is 0.968. The van der Waals surface area contributed by atoms with Crippen LogP contribution in [0.3, 0.4) is 0 Å². The molecule has 0 unspecified atom stereocenters. The number of nitrogens with zero attached hydrogens (tertiary/aromatic N) is 4. The Morgan fingerprint density at radius 1 is 0.109 bits per heavy atom. The normalized spacial score (nSPS) is 11.2. The van der Waals surface area contributed by atoms with Gasteiger partial charge in [0, 0.05) is 52.4 Å². The Hall–Kier alpha value is 1.36. The van der Waals surface area contributed by atoms with Crippen molar-refractivity contribution < 1.29 is 0 Å². The van der Waals surface area contributed by atoms with Gasteiger partial charge in [0.1, 0.15) is 0 Å². The van der Waals surface area contributed by atoms with Crippen molar-refractivity contribution >= 4 is 144 Å². The largest absolute Gasteiger partial charge is 4.00 e. The van der Waals surface area contributed by atoms with Crippen LogP contribution in [0, 0.1) is 0 Å². The van der Waals surface area contributed by atoms with Crippen LogP contribution in [0.25, 0.3) is 0 Å². The van der Waals surface area contributed by atoms with Gasteiger partial charge in [-0.15, -0.1) is 0 Å². The van der Waals surface area contributed by atoms with Crippen LogP contribution in [-0.2, 0) is 50.5 Å². The maximum atomic E-state index is 5.34. The molecule has 0 aromatic heterocycles. The standard InChI is InChI=1S/4C31H63NS2.Pb/c4*1-3-5-7-9-11-13-15-17-19-21-23-25-27-29-32(31(33)34)30-28-26-24-22-20-18-16-14-12-10-8-6-4-2;/h4*3-30H2,1-2H3,(H,33,34);/q;;;;+4/p-4. The topological polar surface area (TPSA) is 13.0 Å². The van der Waals surface area contributed by atoms with Crippen LogP contribution in [0.2, 0.25) is 0 Å². The molecular formula is C124H248N4PbS8. The first-order valence-corrected chi connectivity index (χ1v) is 66.0. The molecule has 0 fully saturated rings. The third-order valence-corrected chi connectivity index (χ3v) is 31.4. The maximum absolute atomic E-state index is 5.34. The van der Waals surface area contributed by atoms with Crippen molar-refractivity contribution in [1.82, 2.24) is 19.6 Å². The third kappa shape index (κ3) is 133. The predicted molar refractivity (Wildman–Crippen MR) is 657 cm³/mol. The third-order valence-electron chi connectivity index (χ3n) is 29.3. The van der Waals surface area contributed by atoms with Crippen molar-refractivity contribution in [2.45, 2.75) is 723 Å². The molecule has 0 saturated carbocycles. The van der Waals surface area contributed by atoms with Gasteiger partial charge in [-0.3, -0.25) is 0 Å². The van der Waals surface area contributed by atoms with Crippen molar-refractivity contribution in [3.05, 3.63) is 0 Å². The zero-order valence-electron chi connectivity index (χ0n) is 94.8. The van der Waals surface area contributed by atoms with E-state index in [9.17, 15) is 0 Å². The molecule has 0 radical (unpaired) electrons. The van der Waals surface area contributed by atoms with Crippen molar-refractivity contribution in [3.8, 4) is 0 Å². The van der Waals surface area contributed by atoms with Crippen LogP contribution in [0.4, 0.5) is 0 Å². The van der Waals surface area contributed by atoms with E-state index < -0.39 is 0 Å². The van der Waals surface area contributed by atoms with E-state index in [0.29, 0.717) is 17.3 Å². The van der Waals surface area contributed by atoms with Crippen molar-refractivity contribution in [3.63, 3.8) is 0 Å². The fourth-order valence-corrected chi connectivity index (χ4v) is 21.2. The first kappa shape index (κ1) is 147. The Bertz CT molecular complexity index is 1780. The molecule has 0 N–H and O–H groups in total. The van der Waals surface area contributed by atoms with Gasteiger partial charge in [0.05, 0.1) is 0 Å². The maximum Gasteiger partial charge on any atom is 4.00 e. The summed E-state index contributed by atoms with van der Waals surface area (Å²) in [7, 11) is 0. The SMILES string of the molecule is CCCCCCCCCCCCCCCN(CCCCCCCCCCCCCCC)C(=S)[S-].CCCCCCCCCCCCCCCN(CCCCCCCCCCCCCCC)C(=S)[S-].CCCCCCCCCCCCCCCN(CCCCCCCCCCCCCCC)C(=S)[S-].CCCCCCCCCCCCCCCN(CCCCCCCCCCCCCCC)C(=S)[S-].[Pb+4]. The van der Waals surface area contributed by atoms with E-state index in [4.69, 9.17) is 99.4 Å². The molecule has 0 amide bonds. The zero-order valence-corrected chi connectivity index (χ0v) is 105. The molecule has 13 heteroatoms. The molecule has 816 valence electrons. The molecule has 0 spiro atoms. The molecule has 0 saturated heterocycles. The van der Waals surface area contributed by atoms with E-state index in [1.165, 1.54) is 668 Å². The Morgan fingerprint density at radius 3 is 0.212 bits per heavy atom. The van der Waals surface area contributed by atoms with Gasteiger partial charge in [0.25, 0.3) is 0 Å². The van der Waals surface area contributed by atoms with Crippen LogP contribution in [0.15, 0.2) is 0 Å². The predicted octanol–water partition coefficient (Wildman–Crippen LogP) is 44.8. The van der Waals surface area contributed by atoms with E-state index in [1.54, 1.807) is 0 Å². The second-order valence-electron chi connectivity index (χ2n) is 43.0. The molecule has 0 aliphatic carbocycles. The summed E-state index contributed by atoms with van der Waals surface area (Å²) in [5.74, 6) is 0. The van der Waals surface area contributed by atoms with Gasteiger partial charge >= 0.3 is 27.3 Å². The van der Waals surface area contributed by atoms with E-state index in [-0.39, 0.29) is 27.3 Å². The Labute approximate surface area is 930 Å². The van der Waals surface area contributed by atoms with Gasteiger partial charge in [0.15, 0.2) is 0 Å². The van der Waals surface area contributed by atoms with E-state index in [2.05, 4.69) is 75.0 Å². The van der Waals surface area contributed by atoms with E-state index in [0.717, 1.165) is 52.4 Å². The van der Waals surface area contributed by atoms with Gasteiger partial charge in [-0.25, -0.2) is 0 Å². The summed E-state index contributed by atoms with van der Waals surface area (Å²) < 4.78 is 2.77. The molecule has 0 atom stereocenters. The molecular weight excluding hydrogens is 2010 g/mol. The van der Waals surface area contributed by atoms with Gasteiger partial charge in [-0.1, -0.05) is 689 Å². The zero-order chi connectivity index (χ0) is 99.8. The summed E-state index contributed by atoms with van der Waals surface area (Å²) in [6.45, 7) is 27.0. The second kappa shape index (κ2) is 135. The average Bonchev–Trinajstić information content (AvgIpc) is 0.980. The molecule has 0 aliphatic heterocycles. The number of unbranched alkanes of at least 4 members (excludes halogenated alkanes) is 96. The Morgan fingerprint density at radius 2 is 0.161 bits per heavy atom. The van der Waals surface area contributed by atoms with Crippen LogP contribution in [-0.4, -0.2) is 117 Å². The minimum atomic E-state index is 0. The minimum Gasteiger partial charge on any atom is -0.411 e. The monoisotopic (exact) mass is 2260 g/mol. The quantitative estimate of drug-likeness (QED) is 0.0249. The summed E-state index contributed by atoms with van der Waals surface area (Å²) in [5, 5.41) is 0. The first-order chi connectivity index (χ1) is 66.9. The van der Waals surface area contributed by atoms with Gasteiger partial charge in [-0.2, -0.15) is 0 Å². The molecule has 0 aromatic carbocycles. The number of thiocarbonyl (C=S) groups is 4. The Kier molecular flexibility index (Phi) is 145. The summed E-state index contributed by atoms with van der Waals surface area (Å²) in [6, 6.07) is 0. The van der Waals surface area contributed by atoms with Gasteiger partial charge in [0.2, 0.25) is 0 Å². The summed E-state index contributed by atoms with van der Waals surface area (Å²) in [5.41, 5.74) is 0. The summed E-state index contributed by atoms with van der Waals surface area (Å²) >= 11 is 42.8. The summed E-state index contributed by atoms with van der Waals surface area (Å²) in [4.78, 5) is 9.17. The van der Waals surface area contributed by atoms with Crippen LogP contribution in [0.5, 0.6) is 0 Å². The molecule has 4 nitrogen and oxygen atoms in total.